The predicted molar refractivity (Wildman–Crippen MR) is 98.8 cm³/mol. The summed E-state index contributed by atoms with van der Waals surface area (Å²) in [7, 11) is 0. The highest BCUT2D eigenvalue weighted by Gasteiger charge is 2.30. The zero-order valence-corrected chi connectivity index (χ0v) is 15.3. The Kier molecular flexibility index (Phi) is 5.08. The number of nitrogens with two attached hydrogens (primary N) is 1. The lowest BCUT2D eigenvalue weighted by molar-refractivity contribution is 0.0961. The van der Waals surface area contributed by atoms with Gasteiger partial charge in [-0.2, -0.15) is 0 Å². The average molecular weight is 356 g/mol. The molecular weight excluding hydrogens is 332 g/mol. The van der Waals surface area contributed by atoms with Gasteiger partial charge in [-0.05, 0) is 38.3 Å². The number of nitrogens with one attached hydrogen (secondary N) is 1. The molecule has 7 heteroatoms. The fourth-order valence-electron chi connectivity index (χ4n) is 3.08. The zero-order chi connectivity index (χ0) is 18.7. The predicted octanol–water partition coefficient (Wildman–Crippen LogP) is 2.33. The molecule has 0 aromatic carbocycles. The number of ether oxygens (including phenoxy) is 1. The van der Waals surface area contributed by atoms with Gasteiger partial charge in [0.1, 0.15) is 18.2 Å². The first-order chi connectivity index (χ1) is 12.4. The molecule has 1 unspecified atom stereocenters. The van der Waals surface area contributed by atoms with Gasteiger partial charge >= 0.3 is 0 Å². The molecular formula is C19H24N4O3. The van der Waals surface area contributed by atoms with Crippen LogP contribution in [0.3, 0.4) is 0 Å². The minimum Gasteiger partial charge on any atom is -0.445 e. The van der Waals surface area contributed by atoms with Crippen molar-refractivity contribution in [3.05, 3.63) is 52.9 Å². The number of amides is 1. The summed E-state index contributed by atoms with van der Waals surface area (Å²) in [5.41, 5.74) is 7.42. The minimum atomic E-state index is -0.494. The van der Waals surface area contributed by atoms with E-state index in [1.807, 2.05) is 31.2 Å². The van der Waals surface area contributed by atoms with Gasteiger partial charge in [0.05, 0.1) is 5.54 Å². The summed E-state index contributed by atoms with van der Waals surface area (Å²) in [5, 5.41) is 2.91. The van der Waals surface area contributed by atoms with Crippen molar-refractivity contribution < 1.29 is 13.9 Å². The highest BCUT2D eigenvalue weighted by atomic mass is 16.5. The standard InChI is InChI=1S/C19H24N4O3/c1-12-17(21-13(2)26-12)18(24)22-15-7-5-4-6-14(10-15)19(3)8-9-25-11-16(20)23-19/h4,6-7,10H,5,8-9,11H2,1-3H3,(H2,20,23)(H,22,24). The number of hydrogen-bond donors (Lipinski definition) is 2. The number of aromatic nitrogens is 1. The van der Waals surface area contributed by atoms with Crippen LogP contribution in [0.2, 0.25) is 0 Å². The Morgan fingerprint density at radius 3 is 2.92 bits per heavy atom. The van der Waals surface area contributed by atoms with Crippen molar-refractivity contribution in [1.29, 1.82) is 0 Å². The van der Waals surface area contributed by atoms with E-state index in [2.05, 4.69) is 15.3 Å². The van der Waals surface area contributed by atoms with Gasteiger partial charge in [0, 0.05) is 19.2 Å². The quantitative estimate of drug-likeness (QED) is 0.865. The lowest BCUT2D eigenvalue weighted by Crippen LogP contribution is -2.29. The second kappa shape index (κ2) is 7.29. The Morgan fingerprint density at radius 1 is 1.38 bits per heavy atom. The SMILES string of the molecule is Cc1nc(C(=O)NC2=CCC=CC(C3(C)CCOCC(N)=N3)=C2)c(C)o1. The second-order valence-corrected chi connectivity index (χ2v) is 6.67. The molecule has 0 saturated heterocycles. The lowest BCUT2D eigenvalue weighted by atomic mass is 9.88. The third kappa shape index (κ3) is 3.94. The number of rotatable bonds is 3. The Labute approximate surface area is 152 Å². The Morgan fingerprint density at radius 2 is 2.19 bits per heavy atom. The van der Waals surface area contributed by atoms with E-state index in [0.717, 1.165) is 5.57 Å². The Balaban J connectivity index is 1.85. The van der Waals surface area contributed by atoms with Gasteiger partial charge in [-0.25, -0.2) is 4.98 Å². The van der Waals surface area contributed by atoms with E-state index >= 15 is 0 Å². The maximum absolute atomic E-state index is 12.5. The molecule has 26 heavy (non-hydrogen) atoms. The number of hydrogen-bond acceptors (Lipinski definition) is 6. The Hall–Kier alpha value is -2.67. The average Bonchev–Trinajstić information content (AvgIpc) is 2.75. The first kappa shape index (κ1) is 18.1. The maximum atomic E-state index is 12.5. The summed E-state index contributed by atoms with van der Waals surface area (Å²) in [6, 6.07) is 0. The van der Waals surface area contributed by atoms with E-state index in [1.165, 1.54) is 0 Å². The summed E-state index contributed by atoms with van der Waals surface area (Å²) < 4.78 is 10.8. The molecule has 138 valence electrons. The number of aliphatic imine (C=N–C) groups is 1. The molecule has 0 saturated carbocycles. The van der Waals surface area contributed by atoms with E-state index in [0.29, 0.717) is 54.9 Å². The van der Waals surface area contributed by atoms with Crippen molar-refractivity contribution in [3.8, 4) is 0 Å². The molecule has 2 heterocycles. The summed E-state index contributed by atoms with van der Waals surface area (Å²) >= 11 is 0. The van der Waals surface area contributed by atoms with E-state index in [9.17, 15) is 4.79 Å². The van der Waals surface area contributed by atoms with Gasteiger partial charge in [0.25, 0.3) is 5.91 Å². The van der Waals surface area contributed by atoms with E-state index in [-0.39, 0.29) is 5.91 Å². The van der Waals surface area contributed by atoms with Crippen LogP contribution in [0, 0.1) is 13.8 Å². The van der Waals surface area contributed by atoms with Gasteiger partial charge in [-0.1, -0.05) is 18.2 Å². The first-order valence-electron chi connectivity index (χ1n) is 8.63. The lowest BCUT2D eigenvalue weighted by Gasteiger charge is -2.26. The van der Waals surface area contributed by atoms with Crippen LogP contribution in [0.5, 0.6) is 0 Å². The molecule has 1 amide bonds. The van der Waals surface area contributed by atoms with Crippen LogP contribution in [-0.2, 0) is 4.74 Å². The third-order valence-corrected chi connectivity index (χ3v) is 4.45. The van der Waals surface area contributed by atoms with Crippen molar-refractivity contribution in [2.24, 2.45) is 10.7 Å². The molecule has 3 rings (SSSR count). The van der Waals surface area contributed by atoms with Gasteiger partial charge < -0.3 is 20.2 Å². The molecule has 3 N–H and O–H groups in total. The fraction of sp³-hybridized carbons (Fsp3) is 0.421. The van der Waals surface area contributed by atoms with Crippen LogP contribution < -0.4 is 11.1 Å². The molecule has 0 spiro atoms. The number of carbonyl (C=O) groups excluding carboxylic acids is 1. The van der Waals surface area contributed by atoms with Crippen molar-refractivity contribution in [2.75, 3.05) is 13.2 Å². The number of allylic oxidation sites excluding steroid dienone is 3. The molecule has 0 bridgehead atoms. The van der Waals surface area contributed by atoms with Crippen LogP contribution in [0.4, 0.5) is 0 Å². The molecule has 2 aliphatic rings. The van der Waals surface area contributed by atoms with Gasteiger partial charge in [0.2, 0.25) is 0 Å². The normalized spacial score (nSPS) is 23.4. The van der Waals surface area contributed by atoms with E-state index in [1.54, 1.807) is 13.8 Å². The molecule has 0 fully saturated rings. The molecule has 1 atom stereocenters. The Bertz CT molecular complexity index is 832. The third-order valence-electron chi connectivity index (χ3n) is 4.45. The van der Waals surface area contributed by atoms with Crippen LogP contribution in [0.1, 0.15) is 41.9 Å². The van der Waals surface area contributed by atoms with Gasteiger partial charge in [-0.15, -0.1) is 0 Å². The van der Waals surface area contributed by atoms with Crippen LogP contribution in [-0.4, -0.2) is 35.5 Å². The molecule has 7 nitrogen and oxygen atoms in total. The monoisotopic (exact) mass is 356 g/mol. The molecule has 1 aliphatic carbocycles. The van der Waals surface area contributed by atoms with Crippen LogP contribution in [0.15, 0.2) is 45.0 Å². The van der Waals surface area contributed by atoms with E-state index in [4.69, 9.17) is 14.9 Å². The highest BCUT2D eigenvalue weighted by molar-refractivity contribution is 5.94. The van der Waals surface area contributed by atoms with Crippen molar-refractivity contribution in [1.82, 2.24) is 10.3 Å². The number of oxazole rings is 1. The second-order valence-electron chi connectivity index (χ2n) is 6.67. The molecule has 1 aliphatic heterocycles. The number of carbonyl (C=O) groups is 1. The maximum Gasteiger partial charge on any atom is 0.277 e. The van der Waals surface area contributed by atoms with Crippen molar-refractivity contribution in [3.63, 3.8) is 0 Å². The largest absolute Gasteiger partial charge is 0.445 e. The highest BCUT2D eigenvalue weighted by Crippen LogP contribution is 2.30. The summed E-state index contributed by atoms with van der Waals surface area (Å²) in [6.07, 6.45) is 9.38. The fourth-order valence-corrected chi connectivity index (χ4v) is 3.08. The summed E-state index contributed by atoms with van der Waals surface area (Å²) in [4.78, 5) is 21.3. The van der Waals surface area contributed by atoms with Crippen LogP contribution >= 0.6 is 0 Å². The van der Waals surface area contributed by atoms with Crippen LogP contribution in [0.25, 0.3) is 0 Å². The minimum absolute atomic E-state index is 0.291. The number of nitrogens with zero attached hydrogens (tertiary/aromatic N) is 2. The van der Waals surface area contributed by atoms with Gasteiger partial charge in [0.15, 0.2) is 11.6 Å². The zero-order valence-electron chi connectivity index (χ0n) is 15.3. The summed E-state index contributed by atoms with van der Waals surface area (Å²) in [5.74, 6) is 1.16. The van der Waals surface area contributed by atoms with Crippen molar-refractivity contribution in [2.45, 2.75) is 39.2 Å². The topological polar surface area (TPSA) is 103 Å². The number of aryl methyl sites for hydroxylation is 2. The van der Waals surface area contributed by atoms with Gasteiger partial charge in [-0.3, -0.25) is 9.79 Å². The number of amidine groups is 1. The molecule has 0 radical (unpaired) electrons. The summed E-state index contributed by atoms with van der Waals surface area (Å²) in [6.45, 7) is 6.39. The smallest absolute Gasteiger partial charge is 0.277 e. The first-order valence-corrected chi connectivity index (χ1v) is 8.63. The van der Waals surface area contributed by atoms with Crippen molar-refractivity contribution >= 4 is 11.7 Å². The van der Waals surface area contributed by atoms with E-state index < -0.39 is 5.54 Å². The molecule has 1 aromatic rings. The molecule has 1 aromatic heterocycles.